The Labute approximate surface area is 192 Å². The van der Waals surface area contributed by atoms with Gasteiger partial charge < -0.3 is 15.0 Å². The van der Waals surface area contributed by atoms with Crippen LogP contribution in [-0.2, 0) is 14.6 Å². The van der Waals surface area contributed by atoms with Crippen LogP contribution in [0.3, 0.4) is 0 Å². The maximum atomic E-state index is 13.2. The van der Waals surface area contributed by atoms with Crippen LogP contribution in [0.5, 0.6) is 5.75 Å². The van der Waals surface area contributed by atoms with Crippen LogP contribution >= 0.6 is 0 Å². The fourth-order valence-corrected chi connectivity index (χ4v) is 5.53. The number of para-hydroxylation sites is 3. The number of ether oxygens (including phenoxy) is 1. The molecule has 3 aromatic carbocycles. The number of carbonyl (C=O) groups is 2. The van der Waals surface area contributed by atoms with Crippen molar-refractivity contribution >= 4 is 33.0 Å². The number of nitrogens with one attached hydrogen (secondary N) is 1. The second-order valence-corrected chi connectivity index (χ2v) is 9.99. The number of rotatable bonds is 7. The lowest BCUT2D eigenvalue weighted by Crippen LogP contribution is -2.44. The van der Waals surface area contributed by atoms with Crippen LogP contribution in [0, 0.1) is 0 Å². The van der Waals surface area contributed by atoms with Crippen molar-refractivity contribution in [1.29, 1.82) is 0 Å². The summed E-state index contributed by atoms with van der Waals surface area (Å²) in [6.07, 6.45) is 0.374. The molecule has 7 nitrogen and oxygen atoms in total. The van der Waals surface area contributed by atoms with Crippen molar-refractivity contribution in [2.24, 2.45) is 0 Å². The summed E-state index contributed by atoms with van der Waals surface area (Å²) in [5, 5.41) is 2.81. The maximum absolute atomic E-state index is 13.2. The van der Waals surface area contributed by atoms with Crippen molar-refractivity contribution in [2.45, 2.75) is 12.5 Å². The zero-order valence-electron chi connectivity index (χ0n) is 17.9. The molecule has 33 heavy (non-hydrogen) atoms. The van der Waals surface area contributed by atoms with E-state index in [1.54, 1.807) is 60.7 Å². The van der Waals surface area contributed by atoms with E-state index >= 15 is 0 Å². The number of hydrogen-bond acceptors (Lipinski definition) is 5. The normalized spacial score (nSPS) is 16.7. The number of benzene rings is 3. The van der Waals surface area contributed by atoms with Gasteiger partial charge in [-0.05, 0) is 42.8 Å². The fraction of sp³-hybridized carbons (Fsp3) is 0.200. The highest BCUT2D eigenvalue weighted by Gasteiger charge is 2.35. The monoisotopic (exact) mass is 464 g/mol. The van der Waals surface area contributed by atoms with Crippen molar-refractivity contribution in [1.82, 2.24) is 0 Å². The first kappa shape index (κ1) is 22.5. The summed E-state index contributed by atoms with van der Waals surface area (Å²) in [4.78, 5) is 27.5. The molecule has 0 bridgehead atoms. The van der Waals surface area contributed by atoms with E-state index in [1.165, 1.54) is 4.90 Å². The summed E-state index contributed by atoms with van der Waals surface area (Å²) in [5.74, 6) is -0.486. The Hall–Kier alpha value is -3.65. The molecular formula is C25H24N2O5S. The summed E-state index contributed by atoms with van der Waals surface area (Å²) < 4.78 is 29.8. The SMILES string of the molecule is O=C(Nc1ccccc1)c1ccccc1OCC(=O)N(c1ccccc1)[C@H]1CCS(=O)(=O)C1. The number of anilines is 2. The average Bonchev–Trinajstić information content (AvgIpc) is 3.18. The van der Waals surface area contributed by atoms with Gasteiger partial charge in [-0.2, -0.15) is 0 Å². The van der Waals surface area contributed by atoms with Gasteiger partial charge in [0.1, 0.15) is 5.75 Å². The first-order valence-corrected chi connectivity index (χ1v) is 12.4. The Balaban J connectivity index is 1.51. The van der Waals surface area contributed by atoms with Crippen molar-refractivity contribution in [3.63, 3.8) is 0 Å². The molecule has 0 radical (unpaired) electrons. The summed E-state index contributed by atoms with van der Waals surface area (Å²) in [5.41, 5.74) is 1.55. The van der Waals surface area contributed by atoms with E-state index in [-0.39, 0.29) is 35.7 Å². The first-order chi connectivity index (χ1) is 15.9. The van der Waals surface area contributed by atoms with Gasteiger partial charge in [-0.25, -0.2) is 8.42 Å². The Morgan fingerprint density at radius 1 is 0.909 bits per heavy atom. The number of sulfone groups is 1. The molecule has 8 heteroatoms. The molecule has 1 aliphatic rings. The largest absolute Gasteiger partial charge is 0.483 e. The van der Waals surface area contributed by atoms with Crippen molar-refractivity contribution in [3.8, 4) is 5.75 Å². The van der Waals surface area contributed by atoms with Gasteiger partial charge in [-0.15, -0.1) is 0 Å². The van der Waals surface area contributed by atoms with Gasteiger partial charge in [-0.3, -0.25) is 9.59 Å². The van der Waals surface area contributed by atoms with Crippen LogP contribution in [-0.4, -0.2) is 44.4 Å². The van der Waals surface area contributed by atoms with Crippen molar-refractivity contribution in [3.05, 3.63) is 90.5 Å². The van der Waals surface area contributed by atoms with Crippen molar-refractivity contribution < 1.29 is 22.7 Å². The van der Waals surface area contributed by atoms with Crippen LogP contribution in [0.2, 0.25) is 0 Å². The highest BCUT2D eigenvalue weighted by atomic mass is 32.2. The predicted molar refractivity (Wildman–Crippen MR) is 127 cm³/mol. The van der Waals surface area contributed by atoms with Crippen LogP contribution in [0.25, 0.3) is 0 Å². The molecule has 1 aliphatic heterocycles. The average molecular weight is 465 g/mol. The molecule has 1 N–H and O–H groups in total. The van der Waals surface area contributed by atoms with E-state index in [4.69, 9.17) is 4.74 Å². The van der Waals surface area contributed by atoms with Gasteiger partial charge in [0.05, 0.1) is 23.1 Å². The molecule has 2 amide bonds. The Bertz CT molecular complexity index is 1230. The van der Waals surface area contributed by atoms with E-state index in [0.29, 0.717) is 23.4 Å². The Kier molecular flexibility index (Phi) is 6.74. The van der Waals surface area contributed by atoms with Gasteiger partial charge in [0.25, 0.3) is 11.8 Å². The summed E-state index contributed by atoms with van der Waals surface area (Å²) in [7, 11) is -3.18. The lowest BCUT2D eigenvalue weighted by atomic mass is 10.1. The van der Waals surface area contributed by atoms with E-state index in [1.807, 2.05) is 24.3 Å². The third-order valence-electron chi connectivity index (χ3n) is 5.39. The van der Waals surface area contributed by atoms with E-state index < -0.39 is 15.9 Å². The minimum atomic E-state index is -3.18. The molecule has 1 saturated heterocycles. The highest BCUT2D eigenvalue weighted by Crippen LogP contribution is 2.25. The Morgan fingerprint density at radius 3 is 2.21 bits per heavy atom. The maximum Gasteiger partial charge on any atom is 0.265 e. The van der Waals surface area contributed by atoms with Crippen molar-refractivity contribution in [2.75, 3.05) is 28.3 Å². The molecule has 0 saturated carbocycles. The summed E-state index contributed by atoms with van der Waals surface area (Å²) in [6, 6.07) is 24.2. The summed E-state index contributed by atoms with van der Waals surface area (Å²) >= 11 is 0. The van der Waals surface area contributed by atoms with E-state index in [0.717, 1.165) is 0 Å². The third kappa shape index (κ3) is 5.59. The third-order valence-corrected chi connectivity index (χ3v) is 7.14. The molecule has 0 unspecified atom stereocenters. The number of carbonyl (C=O) groups excluding carboxylic acids is 2. The lowest BCUT2D eigenvalue weighted by Gasteiger charge is -2.28. The number of hydrogen-bond donors (Lipinski definition) is 1. The number of amides is 2. The van der Waals surface area contributed by atoms with Gasteiger partial charge in [0.2, 0.25) is 0 Å². The van der Waals surface area contributed by atoms with Crippen LogP contribution in [0.1, 0.15) is 16.8 Å². The topological polar surface area (TPSA) is 92.8 Å². The van der Waals surface area contributed by atoms with E-state index in [9.17, 15) is 18.0 Å². The zero-order valence-corrected chi connectivity index (χ0v) is 18.7. The quantitative estimate of drug-likeness (QED) is 0.577. The molecule has 4 rings (SSSR count). The van der Waals surface area contributed by atoms with Gasteiger partial charge >= 0.3 is 0 Å². The summed E-state index contributed by atoms with van der Waals surface area (Å²) in [6.45, 7) is -0.332. The van der Waals surface area contributed by atoms with Gasteiger partial charge in [-0.1, -0.05) is 48.5 Å². The second-order valence-electron chi connectivity index (χ2n) is 7.76. The predicted octanol–water partition coefficient (Wildman–Crippen LogP) is 3.54. The van der Waals surface area contributed by atoms with Gasteiger partial charge in [0.15, 0.2) is 16.4 Å². The minimum absolute atomic E-state index is 0.0532. The lowest BCUT2D eigenvalue weighted by molar-refractivity contribution is -0.121. The molecule has 0 spiro atoms. The molecule has 1 heterocycles. The molecule has 1 fully saturated rings. The first-order valence-electron chi connectivity index (χ1n) is 10.6. The van der Waals surface area contributed by atoms with Crippen LogP contribution in [0.15, 0.2) is 84.9 Å². The smallest absolute Gasteiger partial charge is 0.265 e. The number of nitrogens with zero attached hydrogens (tertiary/aromatic N) is 1. The van der Waals surface area contributed by atoms with E-state index in [2.05, 4.69) is 5.32 Å². The Morgan fingerprint density at radius 2 is 1.55 bits per heavy atom. The van der Waals surface area contributed by atoms with Crippen LogP contribution < -0.4 is 15.0 Å². The molecule has 0 aliphatic carbocycles. The molecule has 3 aromatic rings. The minimum Gasteiger partial charge on any atom is -0.483 e. The molecule has 0 aromatic heterocycles. The van der Waals surface area contributed by atoms with Gasteiger partial charge in [0, 0.05) is 11.4 Å². The highest BCUT2D eigenvalue weighted by molar-refractivity contribution is 7.91. The van der Waals surface area contributed by atoms with Crippen LogP contribution in [0.4, 0.5) is 11.4 Å². The second kappa shape index (κ2) is 9.87. The molecule has 1 atom stereocenters. The molecule has 170 valence electrons. The molecular weight excluding hydrogens is 440 g/mol. The zero-order chi connectivity index (χ0) is 23.3. The standard InChI is InChI=1S/C25H24N2O5S/c28-24(27(20-11-5-2-6-12-20)21-15-16-33(30,31)18-21)17-32-23-14-8-7-13-22(23)25(29)26-19-9-3-1-4-10-19/h1-14,21H,15-18H2,(H,26,29)/t21-/m0/s1. The fourth-order valence-electron chi connectivity index (χ4n) is 3.84.